The molecule has 0 bridgehead atoms. The maximum atomic E-state index is 12.5. The lowest BCUT2D eigenvalue weighted by Crippen LogP contribution is -1.98. The van der Waals surface area contributed by atoms with Crippen LogP contribution in [0.15, 0.2) is 58.8 Å². The van der Waals surface area contributed by atoms with Crippen LogP contribution in [-0.2, 0) is 9.84 Å². The Labute approximate surface area is 164 Å². The third kappa shape index (κ3) is 6.15. The van der Waals surface area contributed by atoms with Crippen LogP contribution < -0.4 is 4.74 Å². The lowest BCUT2D eigenvalue weighted by Gasteiger charge is -2.07. The van der Waals surface area contributed by atoms with Gasteiger partial charge in [0.1, 0.15) is 5.75 Å². The molecule has 0 amide bonds. The van der Waals surface area contributed by atoms with Crippen molar-refractivity contribution in [2.75, 3.05) is 6.61 Å². The predicted octanol–water partition coefficient (Wildman–Crippen LogP) is 5.77. The molecule has 0 aliphatic heterocycles. The summed E-state index contributed by atoms with van der Waals surface area (Å²) in [5.41, 5.74) is 1.89. The van der Waals surface area contributed by atoms with Crippen molar-refractivity contribution in [3.63, 3.8) is 0 Å². The highest BCUT2D eigenvalue weighted by Crippen LogP contribution is 2.27. The number of aryl methyl sites for hydroxylation is 1. The van der Waals surface area contributed by atoms with E-state index in [0.29, 0.717) is 15.1 Å². The van der Waals surface area contributed by atoms with Crippen LogP contribution in [0.2, 0.25) is 0 Å². The van der Waals surface area contributed by atoms with Gasteiger partial charge in [-0.25, -0.2) is 8.42 Å². The molecular weight excluding hydrogens is 447 g/mol. The van der Waals surface area contributed by atoms with Gasteiger partial charge in [-0.15, -0.1) is 0 Å². The summed E-state index contributed by atoms with van der Waals surface area (Å²) in [4.78, 5) is 0.308. The van der Waals surface area contributed by atoms with Gasteiger partial charge >= 0.3 is 0 Å². The van der Waals surface area contributed by atoms with E-state index >= 15 is 0 Å². The molecular formula is C20H23IO3S. The Balaban J connectivity index is 2.09. The van der Waals surface area contributed by atoms with Crippen molar-refractivity contribution in [1.82, 2.24) is 0 Å². The summed E-state index contributed by atoms with van der Waals surface area (Å²) in [5.74, 6) is 0.811. The predicted molar refractivity (Wildman–Crippen MR) is 112 cm³/mol. The van der Waals surface area contributed by atoms with Gasteiger partial charge in [-0.2, -0.15) is 0 Å². The molecule has 0 unspecified atom stereocenters. The normalized spacial score (nSPS) is 12.2. The average molecular weight is 470 g/mol. The first kappa shape index (κ1) is 20.0. The molecule has 0 atom stereocenters. The number of rotatable bonds is 8. The van der Waals surface area contributed by atoms with Crippen LogP contribution in [-0.4, -0.2) is 15.0 Å². The van der Waals surface area contributed by atoms with Crippen LogP contribution in [0.4, 0.5) is 0 Å². The molecule has 0 fully saturated rings. The van der Waals surface area contributed by atoms with Gasteiger partial charge < -0.3 is 4.74 Å². The van der Waals surface area contributed by atoms with E-state index in [4.69, 9.17) is 4.74 Å². The second-order valence-corrected chi connectivity index (χ2v) is 8.86. The van der Waals surface area contributed by atoms with E-state index in [1.54, 1.807) is 24.3 Å². The molecule has 0 heterocycles. The molecule has 0 aromatic heterocycles. The van der Waals surface area contributed by atoms with Crippen molar-refractivity contribution in [3.8, 4) is 5.75 Å². The first-order valence-electron chi connectivity index (χ1n) is 8.34. The molecule has 2 aromatic rings. The maximum absolute atomic E-state index is 12.5. The second kappa shape index (κ2) is 9.38. The summed E-state index contributed by atoms with van der Waals surface area (Å²) in [6.45, 7) is 4.80. The van der Waals surface area contributed by atoms with Gasteiger partial charge in [0.2, 0.25) is 9.84 Å². The SMILES string of the molecule is CCCCCOc1ccc(/C(I)=C\S(=O)(=O)c2ccc(C)cc2)cc1. The number of ether oxygens (including phenoxy) is 1. The van der Waals surface area contributed by atoms with Gasteiger partial charge in [-0.3, -0.25) is 0 Å². The fourth-order valence-corrected chi connectivity index (χ4v) is 4.68. The smallest absolute Gasteiger partial charge is 0.200 e. The zero-order valence-electron chi connectivity index (χ0n) is 14.5. The summed E-state index contributed by atoms with van der Waals surface area (Å²) < 4.78 is 31.3. The molecule has 5 heteroatoms. The van der Waals surface area contributed by atoms with Crippen LogP contribution in [0.3, 0.4) is 0 Å². The lowest BCUT2D eigenvalue weighted by atomic mass is 10.2. The van der Waals surface area contributed by atoms with Gasteiger partial charge in [0.05, 0.1) is 11.5 Å². The average Bonchev–Trinajstić information content (AvgIpc) is 2.59. The van der Waals surface area contributed by atoms with E-state index in [0.717, 1.165) is 29.7 Å². The molecule has 2 aromatic carbocycles. The number of halogens is 1. The van der Waals surface area contributed by atoms with E-state index in [1.807, 2.05) is 31.2 Å². The Morgan fingerprint density at radius 3 is 2.28 bits per heavy atom. The summed E-state index contributed by atoms with van der Waals surface area (Å²) in [5, 5.41) is 1.31. The minimum absolute atomic E-state index is 0.308. The first-order valence-corrected chi connectivity index (χ1v) is 11.0. The van der Waals surface area contributed by atoms with Crippen LogP contribution in [0.1, 0.15) is 37.3 Å². The van der Waals surface area contributed by atoms with Crippen molar-refractivity contribution in [3.05, 3.63) is 65.1 Å². The number of benzene rings is 2. The molecule has 0 aliphatic rings. The summed E-state index contributed by atoms with van der Waals surface area (Å²) in [6, 6.07) is 14.4. The van der Waals surface area contributed by atoms with Crippen LogP contribution >= 0.6 is 22.6 Å². The zero-order valence-corrected chi connectivity index (χ0v) is 17.5. The molecule has 0 saturated carbocycles. The van der Waals surface area contributed by atoms with Crippen LogP contribution in [0, 0.1) is 6.92 Å². The van der Waals surface area contributed by atoms with Crippen molar-refractivity contribution < 1.29 is 13.2 Å². The van der Waals surface area contributed by atoms with Gasteiger partial charge in [0, 0.05) is 8.99 Å². The van der Waals surface area contributed by atoms with Crippen LogP contribution in [0.25, 0.3) is 3.58 Å². The third-order valence-corrected chi connectivity index (χ3v) is 6.59. The minimum atomic E-state index is -3.46. The van der Waals surface area contributed by atoms with E-state index < -0.39 is 9.84 Å². The Hall–Kier alpha value is -1.34. The Morgan fingerprint density at radius 2 is 1.68 bits per heavy atom. The highest BCUT2D eigenvalue weighted by atomic mass is 127. The molecule has 0 spiro atoms. The van der Waals surface area contributed by atoms with E-state index in [1.165, 1.54) is 11.8 Å². The van der Waals surface area contributed by atoms with Crippen molar-refractivity contribution in [2.45, 2.75) is 38.0 Å². The van der Waals surface area contributed by atoms with E-state index in [2.05, 4.69) is 29.5 Å². The van der Waals surface area contributed by atoms with E-state index in [-0.39, 0.29) is 0 Å². The lowest BCUT2D eigenvalue weighted by molar-refractivity contribution is 0.306. The second-order valence-electron chi connectivity index (χ2n) is 5.90. The Bertz CT molecular complexity index is 807. The van der Waals surface area contributed by atoms with Gasteiger partial charge in [0.25, 0.3) is 0 Å². The molecule has 3 nitrogen and oxygen atoms in total. The third-order valence-electron chi connectivity index (χ3n) is 3.75. The minimum Gasteiger partial charge on any atom is -0.494 e. The highest BCUT2D eigenvalue weighted by Gasteiger charge is 2.12. The fraction of sp³-hybridized carbons (Fsp3) is 0.300. The van der Waals surface area contributed by atoms with Gasteiger partial charge in [0.15, 0.2) is 0 Å². The quantitative estimate of drug-likeness (QED) is 0.363. The molecule has 134 valence electrons. The van der Waals surface area contributed by atoms with Crippen molar-refractivity contribution in [1.29, 1.82) is 0 Å². The zero-order chi connectivity index (χ0) is 18.3. The molecule has 2 rings (SSSR count). The molecule has 25 heavy (non-hydrogen) atoms. The number of sulfone groups is 1. The summed E-state index contributed by atoms with van der Waals surface area (Å²) in [6.07, 6.45) is 3.38. The summed E-state index contributed by atoms with van der Waals surface area (Å²) in [7, 11) is -3.46. The largest absolute Gasteiger partial charge is 0.494 e. The number of unbranched alkanes of at least 4 members (excludes halogenated alkanes) is 2. The Kier molecular flexibility index (Phi) is 7.50. The van der Waals surface area contributed by atoms with Gasteiger partial charge in [-0.1, -0.05) is 49.6 Å². The number of hydrogen-bond acceptors (Lipinski definition) is 3. The highest BCUT2D eigenvalue weighted by molar-refractivity contribution is 14.1. The monoisotopic (exact) mass is 470 g/mol. The topological polar surface area (TPSA) is 43.4 Å². The van der Waals surface area contributed by atoms with Crippen molar-refractivity contribution in [2.24, 2.45) is 0 Å². The standard InChI is InChI=1S/C20H23IO3S/c1-3-4-5-14-24-18-10-8-17(9-11-18)20(21)15-25(22,23)19-12-6-16(2)7-13-19/h6-13,15H,3-5,14H2,1-2H3/b20-15+. The molecule has 0 aliphatic carbocycles. The number of hydrogen-bond donors (Lipinski definition) is 0. The maximum Gasteiger partial charge on any atom is 0.200 e. The first-order chi connectivity index (χ1) is 11.9. The van der Waals surface area contributed by atoms with Gasteiger partial charge in [-0.05, 0) is 65.8 Å². The van der Waals surface area contributed by atoms with Crippen molar-refractivity contribution >= 4 is 36.0 Å². The van der Waals surface area contributed by atoms with E-state index in [9.17, 15) is 8.42 Å². The molecule has 0 N–H and O–H groups in total. The molecule has 0 saturated heterocycles. The summed E-state index contributed by atoms with van der Waals surface area (Å²) >= 11 is 2.06. The fourth-order valence-electron chi connectivity index (χ4n) is 2.25. The molecule has 0 radical (unpaired) electrons. The Morgan fingerprint density at radius 1 is 1.04 bits per heavy atom. The van der Waals surface area contributed by atoms with Crippen LogP contribution in [0.5, 0.6) is 5.75 Å².